The molecule has 0 radical (unpaired) electrons. The molecule has 2 N–H and O–H groups in total. The van der Waals surface area contributed by atoms with Crippen LogP contribution in [0.4, 0.5) is 0 Å². The summed E-state index contributed by atoms with van der Waals surface area (Å²) in [4.78, 5) is 1.21. The van der Waals surface area contributed by atoms with Crippen molar-refractivity contribution in [1.82, 2.24) is 4.72 Å². The van der Waals surface area contributed by atoms with Crippen LogP contribution in [0.5, 0.6) is 11.5 Å². The number of rotatable bonds is 6. The first kappa shape index (κ1) is 18.9. The van der Waals surface area contributed by atoms with Crippen LogP contribution in [0.3, 0.4) is 0 Å². The third-order valence-corrected chi connectivity index (χ3v) is 6.73. The molecule has 0 fully saturated rings. The lowest BCUT2D eigenvalue weighted by Gasteiger charge is -2.19. The second-order valence-corrected chi connectivity index (χ2v) is 8.99. The topological polar surface area (TPSA) is 84.9 Å². The number of hydrogen-bond donors (Lipinski definition) is 2. The van der Waals surface area contributed by atoms with Gasteiger partial charge < -0.3 is 14.6 Å². The Labute approximate surface area is 167 Å². The van der Waals surface area contributed by atoms with E-state index in [0.29, 0.717) is 30.3 Å². The predicted octanol–water partition coefficient (Wildman–Crippen LogP) is 3.20. The molecule has 0 aliphatic carbocycles. The summed E-state index contributed by atoms with van der Waals surface area (Å²) in [5.41, 5.74) is 1.70. The van der Waals surface area contributed by atoms with Crippen LogP contribution in [-0.2, 0) is 10.0 Å². The smallest absolute Gasteiger partial charge is 0.240 e. The minimum Gasteiger partial charge on any atom is -0.486 e. The van der Waals surface area contributed by atoms with E-state index in [-0.39, 0.29) is 11.4 Å². The molecule has 0 spiro atoms. The molecule has 28 heavy (non-hydrogen) atoms. The first-order valence-electron chi connectivity index (χ1n) is 8.74. The van der Waals surface area contributed by atoms with Crippen LogP contribution in [0.25, 0.3) is 10.4 Å². The lowest BCUT2D eigenvalue weighted by atomic mass is 10.1. The van der Waals surface area contributed by atoms with Crippen LogP contribution in [0.1, 0.15) is 11.7 Å². The molecule has 2 aromatic carbocycles. The fourth-order valence-electron chi connectivity index (χ4n) is 2.89. The van der Waals surface area contributed by atoms with Crippen molar-refractivity contribution in [2.45, 2.75) is 11.0 Å². The number of benzene rings is 2. The molecule has 6 nitrogen and oxygen atoms in total. The highest BCUT2D eigenvalue weighted by Gasteiger charge is 2.20. The Morgan fingerprint density at radius 3 is 2.50 bits per heavy atom. The summed E-state index contributed by atoms with van der Waals surface area (Å²) in [6.45, 7) is 0.689. The molecular weight excluding hydrogens is 398 g/mol. The number of sulfonamides is 1. The van der Waals surface area contributed by atoms with Gasteiger partial charge in [-0.05, 0) is 34.7 Å². The summed E-state index contributed by atoms with van der Waals surface area (Å²) in [5, 5.41) is 12.4. The Hall–Kier alpha value is -2.39. The fourth-order valence-corrected chi connectivity index (χ4v) is 4.68. The summed E-state index contributed by atoms with van der Waals surface area (Å²) in [7, 11) is -3.78. The van der Waals surface area contributed by atoms with Gasteiger partial charge in [-0.1, -0.05) is 30.3 Å². The van der Waals surface area contributed by atoms with Crippen LogP contribution >= 0.6 is 11.3 Å². The lowest BCUT2D eigenvalue weighted by Crippen LogP contribution is -2.28. The van der Waals surface area contributed by atoms with Gasteiger partial charge in [0.25, 0.3) is 0 Å². The first-order valence-corrected chi connectivity index (χ1v) is 11.1. The first-order chi connectivity index (χ1) is 13.5. The molecule has 0 saturated heterocycles. The number of nitrogens with one attached hydrogen (secondary N) is 1. The lowest BCUT2D eigenvalue weighted by molar-refractivity contribution is 0.171. The summed E-state index contributed by atoms with van der Waals surface area (Å²) < 4.78 is 38.4. The molecule has 1 aliphatic heterocycles. The largest absolute Gasteiger partial charge is 0.486 e. The minimum absolute atomic E-state index is 0.0667. The van der Waals surface area contributed by atoms with E-state index < -0.39 is 16.1 Å². The number of fused-ring (bicyclic) bond motifs is 1. The Balaban J connectivity index is 1.43. The second-order valence-electron chi connectivity index (χ2n) is 6.27. The van der Waals surface area contributed by atoms with Gasteiger partial charge in [0, 0.05) is 17.5 Å². The quantitative estimate of drug-likeness (QED) is 0.643. The third kappa shape index (κ3) is 4.05. The van der Waals surface area contributed by atoms with E-state index in [0.717, 1.165) is 10.4 Å². The molecule has 1 aliphatic rings. The van der Waals surface area contributed by atoms with E-state index >= 15 is 0 Å². The van der Waals surface area contributed by atoms with Crippen molar-refractivity contribution >= 4 is 21.4 Å². The molecule has 8 heteroatoms. The van der Waals surface area contributed by atoms with Crippen molar-refractivity contribution in [2.24, 2.45) is 0 Å². The number of ether oxygens (including phenoxy) is 2. The van der Waals surface area contributed by atoms with Crippen LogP contribution in [0, 0.1) is 0 Å². The Bertz CT molecular complexity index is 1050. The fraction of sp³-hybridized carbons (Fsp3) is 0.200. The van der Waals surface area contributed by atoms with Gasteiger partial charge in [-0.2, -0.15) is 0 Å². The number of thiophene rings is 1. The molecule has 4 rings (SSSR count). The molecule has 0 saturated carbocycles. The van der Waals surface area contributed by atoms with Gasteiger partial charge in [-0.15, -0.1) is 11.3 Å². The number of aliphatic hydroxyl groups excluding tert-OH is 1. The molecule has 1 atom stereocenters. The molecule has 0 bridgehead atoms. The number of aliphatic hydroxyl groups is 1. The molecular formula is C20H19NO5S2. The van der Waals surface area contributed by atoms with Gasteiger partial charge in [-0.3, -0.25) is 0 Å². The van der Waals surface area contributed by atoms with Gasteiger partial charge >= 0.3 is 0 Å². The average Bonchev–Trinajstić information content (AvgIpc) is 3.27. The second kappa shape index (κ2) is 7.92. The molecule has 1 aromatic heterocycles. The van der Waals surface area contributed by atoms with Gasteiger partial charge in [-0.25, -0.2) is 13.1 Å². The minimum atomic E-state index is -3.78. The van der Waals surface area contributed by atoms with Crippen molar-refractivity contribution in [1.29, 1.82) is 0 Å². The van der Waals surface area contributed by atoms with E-state index in [1.807, 2.05) is 29.6 Å². The van der Waals surface area contributed by atoms with Crippen molar-refractivity contribution in [3.8, 4) is 21.9 Å². The Morgan fingerprint density at radius 2 is 1.79 bits per heavy atom. The highest BCUT2D eigenvalue weighted by molar-refractivity contribution is 7.89. The highest BCUT2D eigenvalue weighted by atomic mass is 32.2. The maximum Gasteiger partial charge on any atom is 0.240 e. The van der Waals surface area contributed by atoms with E-state index in [2.05, 4.69) is 4.72 Å². The Kier molecular flexibility index (Phi) is 5.36. The predicted molar refractivity (Wildman–Crippen MR) is 107 cm³/mol. The van der Waals surface area contributed by atoms with E-state index in [4.69, 9.17) is 9.47 Å². The third-order valence-electron chi connectivity index (χ3n) is 4.39. The molecule has 0 amide bonds. The summed E-state index contributed by atoms with van der Waals surface area (Å²) >= 11 is 1.64. The maximum atomic E-state index is 12.5. The van der Waals surface area contributed by atoms with Gasteiger partial charge in [0.15, 0.2) is 11.5 Å². The van der Waals surface area contributed by atoms with Gasteiger partial charge in [0.1, 0.15) is 13.2 Å². The van der Waals surface area contributed by atoms with Crippen LogP contribution in [0.15, 0.2) is 64.9 Å². The maximum absolute atomic E-state index is 12.5. The normalized spacial score (nSPS) is 14.6. The van der Waals surface area contributed by atoms with Crippen molar-refractivity contribution < 1.29 is 23.0 Å². The molecule has 2 heterocycles. The zero-order valence-corrected chi connectivity index (χ0v) is 16.5. The van der Waals surface area contributed by atoms with E-state index in [1.165, 1.54) is 12.1 Å². The highest BCUT2D eigenvalue weighted by Crippen LogP contribution is 2.32. The Morgan fingerprint density at radius 1 is 1.04 bits per heavy atom. The zero-order chi connectivity index (χ0) is 19.6. The van der Waals surface area contributed by atoms with Crippen molar-refractivity contribution in [3.63, 3.8) is 0 Å². The monoisotopic (exact) mass is 417 g/mol. The molecule has 146 valence electrons. The molecule has 1 unspecified atom stereocenters. The SMILES string of the molecule is O=S(=O)(NCC(O)c1ccc(-c2cccs2)cc1)c1ccc2c(c1)OCCO2. The van der Waals surface area contributed by atoms with Crippen molar-refractivity contribution in [3.05, 3.63) is 65.5 Å². The van der Waals surface area contributed by atoms with Crippen LogP contribution in [0.2, 0.25) is 0 Å². The van der Waals surface area contributed by atoms with Gasteiger partial charge in [0.05, 0.1) is 11.0 Å². The summed E-state index contributed by atoms with van der Waals surface area (Å²) in [5.74, 6) is 0.926. The standard InChI is InChI=1S/C20H19NO5S2/c22-17(14-3-5-15(6-4-14)20-2-1-11-27-20)13-21-28(23,24)16-7-8-18-19(12-16)26-10-9-25-18/h1-8,11-12,17,21-22H,9-10,13H2. The summed E-state index contributed by atoms with van der Waals surface area (Å²) in [6, 6.07) is 15.9. The summed E-state index contributed by atoms with van der Waals surface area (Å²) in [6.07, 6.45) is -0.954. The van der Waals surface area contributed by atoms with Crippen LogP contribution in [-0.4, -0.2) is 33.3 Å². The number of hydrogen-bond acceptors (Lipinski definition) is 6. The van der Waals surface area contributed by atoms with Gasteiger partial charge in [0.2, 0.25) is 10.0 Å². The zero-order valence-electron chi connectivity index (χ0n) is 14.9. The van der Waals surface area contributed by atoms with Crippen molar-refractivity contribution in [2.75, 3.05) is 19.8 Å². The molecule has 3 aromatic rings. The average molecular weight is 418 g/mol. The van der Waals surface area contributed by atoms with E-state index in [9.17, 15) is 13.5 Å². The van der Waals surface area contributed by atoms with E-state index in [1.54, 1.807) is 29.5 Å². The van der Waals surface area contributed by atoms with Crippen LogP contribution < -0.4 is 14.2 Å².